The zero-order chi connectivity index (χ0) is 12.0. The van der Waals surface area contributed by atoms with Crippen LogP contribution in [0.25, 0.3) is 0 Å². The lowest BCUT2D eigenvalue weighted by molar-refractivity contribution is -0.135. The topological polar surface area (TPSA) is 46.3 Å². The van der Waals surface area contributed by atoms with Crippen molar-refractivity contribution in [3.8, 4) is 0 Å². The second-order valence-electron chi connectivity index (χ2n) is 6.62. The molecule has 17 heavy (non-hydrogen) atoms. The van der Waals surface area contributed by atoms with E-state index in [9.17, 15) is 4.79 Å². The Morgan fingerprint density at radius 1 is 1.29 bits per heavy atom. The second kappa shape index (κ2) is 3.98. The minimum atomic E-state index is 0.274. The van der Waals surface area contributed by atoms with Gasteiger partial charge in [-0.15, -0.1) is 0 Å². The molecule has 0 aromatic heterocycles. The Kier molecular flexibility index (Phi) is 2.69. The van der Waals surface area contributed by atoms with Gasteiger partial charge in [0.05, 0.1) is 0 Å². The van der Waals surface area contributed by atoms with E-state index >= 15 is 0 Å². The van der Waals surface area contributed by atoms with Crippen molar-refractivity contribution < 1.29 is 4.79 Å². The maximum absolute atomic E-state index is 12.4. The predicted molar refractivity (Wildman–Crippen MR) is 67.3 cm³/mol. The van der Waals surface area contributed by atoms with Gasteiger partial charge in [-0.25, -0.2) is 0 Å². The Bertz CT molecular complexity index is 310. The quantitative estimate of drug-likeness (QED) is 0.792. The number of rotatable bonds is 2. The molecule has 1 aliphatic heterocycles. The van der Waals surface area contributed by atoms with Crippen LogP contribution in [0.1, 0.15) is 39.0 Å². The van der Waals surface area contributed by atoms with Crippen molar-refractivity contribution >= 4 is 5.91 Å². The van der Waals surface area contributed by atoms with Crippen LogP contribution in [-0.2, 0) is 4.79 Å². The number of carbonyl (C=O) groups is 1. The minimum Gasteiger partial charge on any atom is -0.342 e. The van der Waals surface area contributed by atoms with Crippen LogP contribution < -0.4 is 5.73 Å². The summed E-state index contributed by atoms with van der Waals surface area (Å²) in [4.78, 5) is 14.5. The van der Waals surface area contributed by atoms with Gasteiger partial charge in [0.2, 0.25) is 5.91 Å². The molecule has 2 aliphatic carbocycles. The zero-order valence-electron chi connectivity index (χ0n) is 10.8. The molecular formula is C14H24N2O. The SMILES string of the molecule is CC1(CN)CCN(C(=O)C2C3CCCC32)CC1. The molecule has 2 N–H and O–H groups in total. The molecule has 1 heterocycles. The van der Waals surface area contributed by atoms with Gasteiger partial charge in [-0.2, -0.15) is 0 Å². The molecule has 2 atom stereocenters. The largest absolute Gasteiger partial charge is 0.342 e. The van der Waals surface area contributed by atoms with Gasteiger partial charge in [0, 0.05) is 19.0 Å². The highest BCUT2D eigenvalue weighted by Crippen LogP contribution is 2.58. The molecule has 96 valence electrons. The van der Waals surface area contributed by atoms with Crippen LogP contribution in [0, 0.1) is 23.2 Å². The number of nitrogens with zero attached hydrogens (tertiary/aromatic N) is 1. The lowest BCUT2D eigenvalue weighted by Crippen LogP contribution is -2.45. The van der Waals surface area contributed by atoms with Crippen LogP contribution in [0.5, 0.6) is 0 Å². The Labute approximate surface area is 104 Å². The van der Waals surface area contributed by atoms with E-state index in [0.717, 1.165) is 44.3 Å². The van der Waals surface area contributed by atoms with Crippen LogP contribution in [0.2, 0.25) is 0 Å². The minimum absolute atomic E-state index is 0.274. The molecule has 2 unspecified atom stereocenters. The molecule has 2 saturated carbocycles. The first-order valence-electron chi connectivity index (χ1n) is 7.13. The summed E-state index contributed by atoms with van der Waals surface area (Å²) < 4.78 is 0. The first kappa shape index (κ1) is 11.5. The molecule has 0 aromatic rings. The third kappa shape index (κ3) is 1.88. The van der Waals surface area contributed by atoms with E-state index in [1.807, 2.05) is 0 Å². The normalized spacial score (nSPS) is 38.9. The summed E-state index contributed by atoms with van der Waals surface area (Å²) in [7, 11) is 0. The van der Waals surface area contributed by atoms with E-state index in [0.29, 0.717) is 11.8 Å². The number of carbonyl (C=O) groups excluding carboxylic acids is 1. The van der Waals surface area contributed by atoms with Gasteiger partial charge in [0.1, 0.15) is 0 Å². The van der Waals surface area contributed by atoms with E-state index in [-0.39, 0.29) is 5.41 Å². The summed E-state index contributed by atoms with van der Waals surface area (Å²) in [5, 5.41) is 0. The van der Waals surface area contributed by atoms with Crippen molar-refractivity contribution in [1.82, 2.24) is 4.90 Å². The number of piperidine rings is 1. The highest BCUT2D eigenvalue weighted by atomic mass is 16.2. The predicted octanol–water partition coefficient (Wildman–Crippen LogP) is 1.62. The first-order chi connectivity index (χ1) is 8.14. The smallest absolute Gasteiger partial charge is 0.226 e. The number of fused-ring (bicyclic) bond motifs is 1. The third-order valence-corrected chi connectivity index (χ3v) is 5.47. The number of hydrogen-bond acceptors (Lipinski definition) is 2. The Morgan fingerprint density at radius 2 is 1.88 bits per heavy atom. The Hall–Kier alpha value is -0.570. The average molecular weight is 236 g/mol. The van der Waals surface area contributed by atoms with E-state index in [1.165, 1.54) is 19.3 Å². The van der Waals surface area contributed by atoms with E-state index in [1.54, 1.807) is 0 Å². The van der Waals surface area contributed by atoms with Crippen molar-refractivity contribution in [2.75, 3.05) is 19.6 Å². The lowest BCUT2D eigenvalue weighted by atomic mass is 9.80. The summed E-state index contributed by atoms with van der Waals surface area (Å²) in [6.45, 7) is 4.87. The lowest BCUT2D eigenvalue weighted by Gasteiger charge is -2.39. The van der Waals surface area contributed by atoms with Crippen molar-refractivity contribution in [2.24, 2.45) is 28.9 Å². The molecule has 1 amide bonds. The molecule has 3 nitrogen and oxygen atoms in total. The number of nitrogens with two attached hydrogens (primary N) is 1. The van der Waals surface area contributed by atoms with Gasteiger partial charge in [-0.1, -0.05) is 13.3 Å². The Morgan fingerprint density at radius 3 is 2.41 bits per heavy atom. The maximum atomic E-state index is 12.4. The first-order valence-corrected chi connectivity index (χ1v) is 7.13. The van der Waals surface area contributed by atoms with E-state index in [4.69, 9.17) is 5.73 Å². The monoisotopic (exact) mass is 236 g/mol. The van der Waals surface area contributed by atoms with Gasteiger partial charge in [0.15, 0.2) is 0 Å². The molecule has 0 bridgehead atoms. The van der Waals surface area contributed by atoms with Crippen LogP contribution in [0.15, 0.2) is 0 Å². The van der Waals surface area contributed by atoms with Gasteiger partial charge in [0.25, 0.3) is 0 Å². The van der Waals surface area contributed by atoms with Crippen molar-refractivity contribution in [1.29, 1.82) is 0 Å². The molecule has 0 spiro atoms. The molecule has 3 aliphatic rings. The highest BCUT2D eigenvalue weighted by molar-refractivity contribution is 5.82. The molecule has 0 aromatic carbocycles. The van der Waals surface area contributed by atoms with Gasteiger partial charge >= 0.3 is 0 Å². The van der Waals surface area contributed by atoms with Crippen molar-refractivity contribution in [3.63, 3.8) is 0 Å². The van der Waals surface area contributed by atoms with Crippen LogP contribution in [0.3, 0.4) is 0 Å². The summed E-state index contributed by atoms with van der Waals surface area (Å²) in [5.41, 5.74) is 6.08. The van der Waals surface area contributed by atoms with Gasteiger partial charge < -0.3 is 10.6 Å². The molecule has 3 rings (SSSR count). The van der Waals surface area contributed by atoms with Crippen LogP contribution in [0.4, 0.5) is 0 Å². The highest BCUT2D eigenvalue weighted by Gasteiger charge is 2.57. The standard InChI is InChI=1S/C14H24N2O/c1-14(9-15)5-7-16(8-6-14)13(17)12-10-3-2-4-11(10)12/h10-12H,2-9,15H2,1H3. The van der Waals surface area contributed by atoms with E-state index in [2.05, 4.69) is 11.8 Å². The molecular weight excluding hydrogens is 212 g/mol. The summed E-state index contributed by atoms with van der Waals surface area (Å²) >= 11 is 0. The second-order valence-corrected chi connectivity index (χ2v) is 6.62. The summed E-state index contributed by atoms with van der Waals surface area (Å²) in [6.07, 6.45) is 6.11. The fourth-order valence-corrected chi connectivity index (χ4v) is 3.87. The number of likely N-dealkylation sites (tertiary alicyclic amines) is 1. The van der Waals surface area contributed by atoms with Crippen molar-refractivity contribution in [3.05, 3.63) is 0 Å². The van der Waals surface area contributed by atoms with Gasteiger partial charge in [-0.05, 0) is 49.5 Å². The molecule has 0 radical (unpaired) electrons. The van der Waals surface area contributed by atoms with Crippen molar-refractivity contribution in [2.45, 2.75) is 39.0 Å². The fraction of sp³-hybridized carbons (Fsp3) is 0.929. The number of hydrogen-bond donors (Lipinski definition) is 1. The third-order valence-electron chi connectivity index (χ3n) is 5.47. The average Bonchev–Trinajstić information content (AvgIpc) is 2.82. The maximum Gasteiger partial charge on any atom is 0.226 e. The fourth-order valence-electron chi connectivity index (χ4n) is 3.87. The summed E-state index contributed by atoms with van der Waals surface area (Å²) in [5.74, 6) is 2.38. The van der Waals surface area contributed by atoms with Crippen LogP contribution in [-0.4, -0.2) is 30.4 Å². The molecule has 3 fully saturated rings. The van der Waals surface area contributed by atoms with Crippen LogP contribution >= 0.6 is 0 Å². The van der Waals surface area contributed by atoms with E-state index < -0.39 is 0 Å². The zero-order valence-corrected chi connectivity index (χ0v) is 10.8. The Balaban J connectivity index is 1.55. The number of amides is 1. The summed E-state index contributed by atoms with van der Waals surface area (Å²) in [6, 6.07) is 0. The van der Waals surface area contributed by atoms with Gasteiger partial charge in [-0.3, -0.25) is 4.79 Å². The molecule has 1 saturated heterocycles. The molecule has 3 heteroatoms.